The Morgan fingerprint density at radius 3 is 1.89 bits per heavy atom. The number of amides is 2. The average Bonchev–Trinajstić information content (AvgIpc) is 2.75. The van der Waals surface area contributed by atoms with Crippen molar-refractivity contribution in [3.05, 3.63) is 108 Å². The predicted molar refractivity (Wildman–Crippen MR) is 111 cm³/mol. The molecule has 4 heteroatoms. The smallest absolute Gasteiger partial charge is 0.251 e. The Labute approximate surface area is 165 Å². The molecule has 0 unspecified atom stereocenters. The van der Waals surface area contributed by atoms with E-state index in [2.05, 4.69) is 10.6 Å². The molecule has 2 N–H and O–H groups in total. The van der Waals surface area contributed by atoms with Crippen LogP contribution in [0.3, 0.4) is 0 Å². The number of benzene rings is 3. The molecule has 0 saturated carbocycles. The minimum Gasteiger partial charge on any atom is -0.348 e. The maximum atomic E-state index is 13.0. The molecule has 0 saturated heterocycles. The van der Waals surface area contributed by atoms with Crippen molar-refractivity contribution in [2.75, 3.05) is 0 Å². The van der Waals surface area contributed by atoms with Crippen LogP contribution in [0.1, 0.15) is 34.5 Å². The number of rotatable bonds is 7. The topological polar surface area (TPSA) is 58.2 Å². The van der Waals surface area contributed by atoms with Gasteiger partial charge in [-0.15, -0.1) is 0 Å². The lowest BCUT2D eigenvalue weighted by atomic mass is 10.0. The maximum absolute atomic E-state index is 13.0. The molecule has 0 radical (unpaired) electrons. The average molecular weight is 372 g/mol. The summed E-state index contributed by atoms with van der Waals surface area (Å²) < 4.78 is 0. The number of hydrogen-bond donors (Lipinski definition) is 2. The van der Waals surface area contributed by atoms with E-state index >= 15 is 0 Å². The molecule has 0 aliphatic heterocycles. The van der Waals surface area contributed by atoms with Gasteiger partial charge in [0.25, 0.3) is 5.91 Å². The van der Waals surface area contributed by atoms with E-state index in [1.54, 1.807) is 24.3 Å². The monoisotopic (exact) mass is 372 g/mol. The second-order valence-electron chi connectivity index (χ2n) is 6.72. The summed E-state index contributed by atoms with van der Waals surface area (Å²) in [7, 11) is 0. The van der Waals surface area contributed by atoms with Gasteiger partial charge in [-0.2, -0.15) is 0 Å². The molecular weight excluding hydrogens is 348 g/mol. The van der Waals surface area contributed by atoms with Gasteiger partial charge < -0.3 is 10.6 Å². The van der Waals surface area contributed by atoms with Crippen LogP contribution in [0.4, 0.5) is 0 Å². The van der Waals surface area contributed by atoms with Crippen LogP contribution in [0.5, 0.6) is 0 Å². The summed E-state index contributed by atoms with van der Waals surface area (Å²) in [5.41, 5.74) is 2.54. The fourth-order valence-electron chi connectivity index (χ4n) is 3.03. The molecular formula is C24H24N2O2. The maximum Gasteiger partial charge on any atom is 0.251 e. The standard InChI is InChI=1S/C24H24N2O2/c1-18(20-13-7-3-8-14-20)25-24(28)22(17-19-11-5-2-6-12-19)26-23(27)21-15-9-4-10-16-21/h2-16,18,22H,17H2,1H3,(H,25,28)(H,26,27)/t18-,22+/m0/s1. The van der Waals surface area contributed by atoms with Crippen molar-refractivity contribution in [3.63, 3.8) is 0 Å². The van der Waals surface area contributed by atoms with E-state index in [1.165, 1.54) is 0 Å². The predicted octanol–water partition coefficient (Wildman–Crippen LogP) is 3.91. The lowest BCUT2D eigenvalue weighted by Gasteiger charge is -2.22. The molecule has 0 aliphatic rings. The lowest BCUT2D eigenvalue weighted by Crippen LogP contribution is -2.48. The number of hydrogen-bond acceptors (Lipinski definition) is 2. The summed E-state index contributed by atoms with van der Waals surface area (Å²) in [6.45, 7) is 1.94. The molecule has 3 aromatic rings. The van der Waals surface area contributed by atoms with Crippen LogP contribution >= 0.6 is 0 Å². The van der Waals surface area contributed by atoms with Crippen molar-refractivity contribution in [1.29, 1.82) is 0 Å². The van der Waals surface area contributed by atoms with Gasteiger partial charge in [0.05, 0.1) is 6.04 Å². The summed E-state index contributed by atoms with van der Waals surface area (Å²) in [6, 6.07) is 27.6. The van der Waals surface area contributed by atoms with Crippen molar-refractivity contribution in [3.8, 4) is 0 Å². The number of nitrogens with one attached hydrogen (secondary N) is 2. The van der Waals surface area contributed by atoms with Crippen LogP contribution in [0, 0.1) is 0 Å². The van der Waals surface area contributed by atoms with Gasteiger partial charge in [-0.05, 0) is 30.2 Å². The van der Waals surface area contributed by atoms with Crippen LogP contribution in [0.15, 0.2) is 91.0 Å². The zero-order chi connectivity index (χ0) is 19.8. The largest absolute Gasteiger partial charge is 0.348 e. The first kappa shape index (κ1) is 19.4. The van der Waals surface area contributed by atoms with Crippen molar-refractivity contribution in [2.45, 2.75) is 25.4 Å². The first-order valence-electron chi connectivity index (χ1n) is 9.38. The summed E-state index contributed by atoms with van der Waals surface area (Å²) in [4.78, 5) is 25.6. The molecule has 0 spiro atoms. The third kappa shape index (κ3) is 5.30. The number of carbonyl (C=O) groups is 2. The number of carbonyl (C=O) groups excluding carboxylic acids is 2. The van der Waals surface area contributed by atoms with Gasteiger partial charge in [0.2, 0.25) is 5.91 Å². The highest BCUT2D eigenvalue weighted by Crippen LogP contribution is 2.12. The van der Waals surface area contributed by atoms with E-state index in [1.807, 2.05) is 73.7 Å². The SMILES string of the molecule is C[C@H](NC(=O)[C@@H](Cc1ccccc1)NC(=O)c1ccccc1)c1ccccc1. The molecule has 4 nitrogen and oxygen atoms in total. The molecule has 3 aromatic carbocycles. The van der Waals surface area contributed by atoms with Gasteiger partial charge in [0.15, 0.2) is 0 Å². The molecule has 0 aromatic heterocycles. The van der Waals surface area contributed by atoms with Crippen LogP contribution in [-0.2, 0) is 11.2 Å². The van der Waals surface area contributed by atoms with E-state index in [0.29, 0.717) is 12.0 Å². The van der Waals surface area contributed by atoms with E-state index in [4.69, 9.17) is 0 Å². The zero-order valence-electron chi connectivity index (χ0n) is 15.8. The normalized spacial score (nSPS) is 12.6. The molecule has 0 heterocycles. The van der Waals surface area contributed by atoms with Crippen molar-refractivity contribution in [2.24, 2.45) is 0 Å². The highest BCUT2D eigenvalue weighted by Gasteiger charge is 2.23. The first-order chi connectivity index (χ1) is 13.6. The lowest BCUT2D eigenvalue weighted by molar-refractivity contribution is -0.123. The van der Waals surface area contributed by atoms with Crippen molar-refractivity contribution < 1.29 is 9.59 Å². The van der Waals surface area contributed by atoms with E-state index < -0.39 is 6.04 Å². The highest BCUT2D eigenvalue weighted by molar-refractivity contribution is 5.97. The van der Waals surface area contributed by atoms with Crippen LogP contribution in [0.25, 0.3) is 0 Å². The van der Waals surface area contributed by atoms with E-state index in [-0.39, 0.29) is 17.9 Å². The summed E-state index contributed by atoms with van der Waals surface area (Å²) in [5, 5.41) is 5.91. The molecule has 0 bridgehead atoms. The van der Waals surface area contributed by atoms with Gasteiger partial charge in [-0.1, -0.05) is 78.9 Å². The fourth-order valence-corrected chi connectivity index (χ4v) is 3.03. The summed E-state index contributed by atoms with van der Waals surface area (Å²) >= 11 is 0. The third-order valence-corrected chi connectivity index (χ3v) is 4.60. The Kier molecular flexibility index (Phi) is 6.58. The molecule has 0 fully saturated rings. The Morgan fingerprint density at radius 2 is 1.29 bits per heavy atom. The van der Waals surface area contributed by atoms with Gasteiger partial charge in [-0.25, -0.2) is 0 Å². The fraction of sp³-hybridized carbons (Fsp3) is 0.167. The van der Waals surface area contributed by atoms with Gasteiger partial charge >= 0.3 is 0 Å². The Morgan fingerprint density at radius 1 is 0.750 bits per heavy atom. The van der Waals surface area contributed by atoms with Crippen molar-refractivity contribution >= 4 is 11.8 Å². The van der Waals surface area contributed by atoms with E-state index in [9.17, 15) is 9.59 Å². The van der Waals surface area contributed by atoms with E-state index in [0.717, 1.165) is 11.1 Å². The first-order valence-corrected chi connectivity index (χ1v) is 9.38. The minimum atomic E-state index is -0.665. The zero-order valence-corrected chi connectivity index (χ0v) is 15.8. The quantitative estimate of drug-likeness (QED) is 0.661. The molecule has 142 valence electrons. The molecule has 2 amide bonds. The molecule has 28 heavy (non-hydrogen) atoms. The van der Waals surface area contributed by atoms with Gasteiger partial charge in [0, 0.05) is 12.0 Å². The Balaban J connectivity index is 1.75. The highest BCUT2D eigenvalue weighted by atomic mass is 16.2. The molecule has 3 rings (SSSR count). The van der Waals surface area contributed by atoms with Gasteiger partial charge in [-0.3, -0.25) is 9.59 Å². The molecule has 0 aliphatic carbocycles. The molecule has 2 atom stereocenters. The van der Waals surface area contributed by atoms with Crippen molar-refractivity contribution in [1.82, 2.24) is 10.6 Å². The second kappa shape index (κ2) is 9.51. The summed E-state index contributed by atoms with van der Waals surface area (Å²) in [5.74, 6) is -0.464. The van der Waals surface area contributed by atoms with Crippen LogP contribution < -0.4 is 10.6 Å². The van der Waals surface area contributed by atoms with Gasteiger partial charge in [0.1, 0.15) is 6.04 Å². The Bertz CT molecular complexity index is 896. The Hall–Kier alpha value is -3.40. The summed E-state index contributed by atoms with van der Waals surface area (Å²) in [6.07, 6.45) is 0.423. The second-order valence-corrected chi connectivity index (χ2v) is 6.72. The van der Waals surface area contributed by atoms with Crippen LogP contribution in [0.2, 0.25) is 0 Å². The van der Waals surface area contributed by atoms with Crippen LogP contribution in [-0.4, -0.2) is 17.9 Å². The third-order valence-electron chi connectivity index (χ3n) is 4.60. The minimum absolute atomic E-state index is 0.152.